The Morgan fingerprint density at radius 1 is 1.19 bits per heavy atom. The van der Waals surface area contributed by atoms with E-state index in [0.29, 0.717) is 21.7 Å². The maximum Gasteiger partial charge on any atom is 0.205 e. The molecule has 1 heterocycles. The van der Waals surface area contributed by atoms with Gasteiger partial charge in [-0.3, -0.25) is 4.57 Å². The third-order valence-corrected chi connectivity index (χ3v) is 4.52. The molecule has 2 N–H and O–H groups in total. The molecule has 0 bridgehead atoms. The highest BCUT2D eigenvalue weighted by atomic mass is 79.9. The van der Waals surface area contributed by atoms with Gasteiger partial charge >= 0.3 is 0 Å². The van der Waals surface area contributed by atoms with Crippen LogP contribution in [0.25, 0.3) is 16.7 Å². The van der Waals surface area contributed by atoms with Crippen molar-refractivity contribution in [2.75, 3.05) is 5.73 Å². The molecular formula is C14H9BrCl2FN3. The van der Waals surface area contributed by atoms with Gasteiger partial charge < -0.3 is 5.73 Å². The number of anilines is 1. The zero-order valence-corrected chi connectivity index (χ0v) is 13.9. The lowest BCUT2D eigenvalue weighted by molar-refractivity contribution is 0.630. The molecule has 0 radical (unpaired) electrons. The van der Waals surface area contributed by atoms with Crippen LogP contribution < -0.4 is 5.73 Å². The first-order valence-electron chi connectivity index (χ1n) is 5.97. The molecule has 0 aliphatic carbocycles. The zero-order valence-electron chi connectivity index (χ0n) is 10.8. The van der Waals surface area contributed by atoms with E-state index >= 15 is 0 Å². The largest absolute Gasteiger partial charge is 0.369 e. The van der Waals surface area contributed by atoms with Crippen LogP contribution in [0.2, 0.25) is 10.0 Å². The second-order valence-electron chi connectivity index (χ2n) is 4.61. The van der Waals surface area contributed by atoms with E-state index in [0.717, 1.165) is 10.0 Å². The summed E-state index contributed by atoms with van der Waals surface area (Å²) in [5.41, 5.74) is 8.65. The van der Waals surface area contributed by atoms with Gasteiger partial charge in [0.15, 0.2) is 0 Å². The third kappa shape index (κ3) is 2.39. The molecule has 3 aromatic rings. The van der Waals surface area contributed by atoms with Gasteiger partial charge in [-0.2, -0.15) is 0 Å². The maximum atomic E-state index is 13.5. The van der Waals surface area contributed by atoms with Gasteiger partial charge in [0.25, 0.3) is 0 Å². The number of benzene rings is 2. The molecule has 0 fully saturated rings. The number of fused-ring (bicyclic) bond motifs is 1. The summed E-state index contributed by atoms with van der Waals surface area (Å²) in [5.74, 6) is -0.304. The predicted octanol–water partition coefficient (Wildman–Crippen LogP) is 5.12. The Kier molecular flexibility index (Phi) is 3.59. The molecule has 0 spiro atoms. The van der Waals surface area contributed by atoms with Gasteiger partial charge in [0.05, 0.1) is 21.7 Å². The fraction of sp³-hybridized carbons (Fsp3) is 0.0714. The Bertz CT molecular complexity index is 877. The van der Waals surface area contributed by atoms with Crippen LogP contribution in [0.4, 0.5) is 10.3 Å². The highest BCUT2D eigenvalue weighted by molar-refractivity contribution is 9.10. The second-order valence-corrected chi connectivity index (χ2v) is 6.28. The SMILES string of the molecule is Cc1cc(Br)c(-n2c(N)nc3cc(F)c(Cl)cc32)cc1Cl. The van der Waals surface area contributed by atoms with E-state index in [-0.39, 0.29) is 11.0 Å². The second kappa shape index (κ2) is 5.16. The summed E-state index contributed by atoms with van der Waals surface area (Å²) in [4.78, 5) is 4.16. The quantitative estimate of drug-likeness (QED) is 0.628. The lowest BCUT2D eigenvalue weighted by atomic mass is 10.2. The van der Waals surface area contributed by atoms with Crippen molar-refractivity contribution in [3.05, 3.63) is 50.2 Å². The lowest BCUT2D eigenvalue weighted by Gasteiger charge is -2.11. The molecule has 2 aromatic carbocycles. The number of nitrogen functional groups attached to an aromatic ring is 1. The van der Waals surface area contributed by atoms with E-state index in [4.69, 9.17) is 28.9 Å². The third-order valence-electron chi connectivity index (χ3n) is 3.19. The molecule has 3 nitrogen and oxygen atoms in total. The fourth-order valence-corrected chi connectivity index (χ4v) is 3.10. The minimum atomic E-state index is -0.533. The Hall–Kier alpha value is -1.30. The van der Waals surface area contributed by atoms with Crippen molar-refractivity contribution in [1.82, 2.24) is 9.55 Å². The normalized spacial score (nSPS) is 11.3. The molecule has 0 saturated carbocycles. The minimum absolute atomic E-state index is 0.0120. The molecular weight excluding hydrogens is 380 g/mol. The van der Waals surface area contributed by atoms with Crippen LogP contribution >= 0.6 is 39.1 Å². The van der Waals surface area contributed by atoms with Gasteiger partial charge in [-0.05, 0) is 46.6 Å². The molecule has 0 aliphatic heterocycles. The average Bonchev–Trinajstić information content (AvgIpc) is 2.70. The van der Waals surface area contributed by atoms with E-state index in [1.54, 1.807) is 10.6 Å². The van der Waals surface area contributed by atoms with Crippen molar-refractivity contribution in [3.8, 4) is 5.69 Å². The van der Waals surface area contributed by atoms with Crippen LogP contribution in [-0.2, 0) is 0 Å². The molecule has 0 aliphatic rings. The molecule has 0 saturated heterocycles. The van der Waals surface area contributed by atoms with Gasteiger partial charge in [0, 0.05) is 15.6 Å². The molecule has 21 heavy (non-hydrogen) atoms. The highest BCUT2D eigenvalue weighted by Gasteiger charge is 2.16. The van der Waals surface area contributed by atoms with E-state index in [1.807, 2.05) is 13.0 Å². The highest BCUT2D eigenvalue weighted by Crippen LogP contribution is 2.33. The van der Waals surface area contributed by atoms with Gasteiger partial charge in [-0.1, -0.05) is 23.2 Å². The van der Waals surface area contributed by atoms with Gasteiger partial charge in [-0.15, -0.1) is 0 Å². The van der Waals surface area contributed by atoms with Crippen molar-refractivity contribution >= 4 is 56.1 Å². The summed E-state index contributed by atoms with van der Waals surface area (Å²) in [7, 11) is 0. The molecule has 0 amide bonds. The smallest absolute Gasteiger partial charge is 0.205 e. The van der Waals surface area contributed by atoms with Crippen LogP contribution in [-0.4, -0.2) is 9.55 Å². The number of nitrogens with zero attached hydrogens (tertiary/aromatic N) is 2. The Labute approximate surface area is 138 Å². The summed E-state index contributed by atoms with van der Waals surface area (Å²) < 4.78 is 16.0. The molecule has 0 unspecified atom stereocenters. The van der Waals surface area contributed by atoms with Crippen LogP contribution in [0.3, 0.4) is 0 Å². The Balaban J connectivity index is 2.37. The number of hydrogen-bond donors (Lipinski definition) is 1. The van der Waals surface area contributed by atoms with E-state index in [1.165, 1.54) is 12.1 Å². The van der Waals surface area contributed by atoms with E-state index in [2.05, 4.69) is 20.9 Å². The van der Waals surface area contributed by atoms with Crippen LogP contribution in [0.1, 0.15) is 5.56 Å². The topological polar surface area (TPSA) is 43.8 Å². The number of hydrogen-bond acceptors (Lipinski definition) is 2. The molecule has 7 heteroatoms. The number of rotatable bonds is 1. The maximum absolute atomic E-state index is 13.5. The number of imidazole rings is 1. The number of halogens is 4. The van der Waals surface area contributed by atoms with Crippen LogP contribution in [0.15, 0.2) is 28.7 Å². The van der Waals surface area contributed by atoms with Crippen molar-refractivity contribution in [2.45, 2.75) is 6.92 Å². The summed E-state index contributed by atoms with van der Waals surface area (Å²) >= 11 is 15.5. The van der Waals surface area contributed by atoms with Gasteiger partial charge in [-0.25, -0.2) is 9.37 Å². The first-order valence-corrected chi connectivity index (χ1v) is 7.52. The number of nitrogens with two attached hydrogens (primary N) is 1. The molecule has 108 valence electrons. The number of aryl methyl sites for hydroxylation is 1. The summed E-state index contributed by atoms with van der Waals surface area (Å²) in [5, 5.41) is 0.612. The first kappa shape index (κ1) is 14.6. The molecule has 3 rings (SSSR count). The fourth-order valence-electron chi connectivity index (χ4n) is 2.15. The Morgan fingerprint density at radius 3 is 2.62 bits per heavy atom. The van der Waals surface area contributed by atoms with Gasteiger partial charge in [0.1, 0.15) is 5.82 Å². The van der Waals surface area contributed by atoms with E-state index < -0.39 is 5.82 Å². The standard InChI is InChI=1S/C14H9BrCl2FN3/c1-6-2-7(15)12(3-8(6)16)21-13-4-9(17)10(18)5-11(13)20-14(21)19/h2-5H,1H3,(H2,19,20). The van der Waals surface area contributed by atoms with Gasteiger partial charge in [0.2, 0.25) is 5.95 Å². The van der Waals surface area contributed by atoms with Crippen molar-refractivity contribution < 1.29 is 4.39 Å². The minimum Gasteiger partial charge on any atom is -0.369 e. The summed E-state index contributed by atoms with van der Waals surface area (Å²) in [6.45, 7) is 1.90. The molecule has 0 atom stereocenters. The van der Waals surface area contributed by atoms with Crippen LogP contribution in [0.5, 0.6) is 0 Å². The van der Waals surface area contributed by atoms with Crippen molar-refractivity contribution in [2.24, 2.45) is 0 Å². The molecule has 1 aromatic heterocycles. The zero-order chi connectivity index (χ0) is 15.3. The van der Waals surface area contributed by atoms with Crippen molar-refractivity contribution in [1.29, 1.82) is 0 Å². The Morgan fingerprint density at radius 2 is 1.90 bits per heavy atom. The summed E-state index contributed by atoms with van der Waals surface area (Å²) in [6.07, 6.45) is 0. The predicted molar refractivity (Wildman–Crippen MR) is 87.9 cm³/mol. The summed E-state index contributed by atoms with van der Waals surface area (Å²) in [6, 6.07) is 6.41. The monoisotopic (exact) mass is 387 g/mol. The van der Waals surface area contributed by atoms with Crippen LogP contribution in [0, 0.1) is 12.7 Å². The first-order chi connectivity index (χ1) is 9.88. The lowest BCUT2D eigenvalue weighted by Crippen LogP contribution is -2.02. The van der Waals surface area contributed by atoms with E-state index in [9.17, 15) is 4.39 Å². The average molecular weight is 389 g/mol. The number of aromatic nitrogens is 2. The van der Waals surface area contributed by atoms with Crippen molar-refractivity contribution in [3.63, 3.8) is 0 Å².